The second-order valence-electron chi connectivity index (χ2n) is 5.30. The van der Waals surface area contributed by atoms with Gasteiger partial charge < -0.3 is 0 Å². The van der Waals surface area contributed by atoms with Gasteiger partial charge in [0.15, 0.2) is 5.78 Å². The van der Waals surface area contributed by atoms with Gasteiger partial charge >= 0.3 is 6.18 Å². The first-order valence-electron chi connectivity index (χ1n) is 6.66. The van der Waals surface area contributed by atoms with Crippen molar-refractivity contribution in [2.24, 2.45) is 0 Å². The molecule has 1 saturated carbocycles. The highest BCUT2D eigenvalue weighted by atomic mass is 32.1. The van der Waals surface area contributed by atoms with Gasteiger partial charge in [-0.1, -0.05) is 0 Å². The predicted molar refractivity (Wildman–Crippen MR) is 73.7 cm³/mol. The average Bonchev–Trinajstić information content (AvgIpc) is 3.20. The highest BCUT2D eigenvalue weighted by Crippen LogP contribution is 2.45. The molecule has 0 spiro atoms. The van der Waals surface area contributed by atoms with Crippen molar-refractivity contribution in [3.63, 3.8) is 0 Å². The number of aryl methyl sites for hydroxylation is 1. The first-order valence-corrected chi connectivity index (χ1v) is 7.44. The van der Waals surface area contributed by atoms with Gasteiger partial charge in [-0.2, -0.15) is 17.5 Å². The molecular weight excluding hydrogens is 318 g/mol. The van der Waals surface area contributed by atoms with Crippen LogP contribution in [-0.4, -0.2) is 10.2 Å². The normalized spacial score (nSPS) is 15.1. The second kappa shape index (κ2) is 5.15. The van der Waals surface area contributed by atoms with Crippen LogP contribution in [0.1, 0.15) is 50.8 Å². The molecular formula is C15H11F4NOS. The Morgan fingerprint density at radius 2 is 2.00 bits per heavy atom. The van der Waals surface area contributed by atoms with Gasteiger partial charge in [-0.05, 0) is 55.4 Å². The van der Waals surface area contributed by atoms with Crippen molar-refractivity contribution in [1.82, 2.24) is 4.37 Å². The Morgan fingerprint density at radius 1 is 1.32 bits per heavy atom. The molecule has 0 bridgehead atoms. The molecule has 0 amide bonds. The molecule has 2 aromatic rings. The number of benzene rings is 1. The van der Waals surface area contributed by atoms with E-state index in [1.54, 1.807) is 6.92 Å². The van der Waals surface area contributed by atoms with Crippen molar-refractivity contribution in [3.8, 4) is 0 Å². The van der Waals surface area contributed by atoms with E-state index in [1.807, 2.05) is 0 Å². The molecule has 1 aliphatic carbocycles. The summed E-state index contributed by atoms with van der Waals surface area (Å²) in [5, 5.41) is 0. The molecule has 1 aliphatic rings. The Kier molecular flexibility index (Phi) is 3.55. The van der Waals surface area contributed by atoms with E-state index in [2.05, 4.69) is 4.37 Å². The lowest BCUT2D eigenvalue weighted by molar-refractivity contribution is -0.138. The first kappa shape index (κ1) is 15.1. The minimum absolute atomic E-state index is 0.208. The highest BCUT2D eigenvalue weighted by molar-refractivity contribution is 7.06. The Hall–Kier alpha value is -1.76. The maximum atomic E-state index is 13.2. The average molecular weight is 329 g/mol. The summed E-state index contributed by atoms with van der Waals surface area (Å²) in [6, 6.07) is 2.13. The zero-order valence-electron chi connectivity index (χ0n) is 11.5. The molecule has 22 heavy (non-hydrogen) atoms. The summed E-state index contributed by atoms with van der Waals surface area (Å²) in [7, 11) is 0. The summed E-state index contributed by atoms with van der Waals surface area (Å²) in [6.45, 7) is 1.60. The lowest BCUT2D eigenvalue weighted by Crippen LogP contribution is -2.15. The van der Waals surface area contributed by atoms with Crippen LogP contribution in [0.4, 0.5) is 17.6 Å². The fraction of sp³-hybridized carbons (Fsp3) is 0.333. The van der Waals surface area contributed by atoms with Crippen LogP contribution in [0.15, 0.2) is 18.2 Å². The summed E-state index contributed by atoms with van der Waals surface area (Å²) in [5.41, 5.74) is -1.11. The van der Waals surface area contributed by atoms with E-state index in [0.717, 1.165) is 41.4 Å². The summed E-state index contributed by atoms with van der Waals surface area (Å²) in [5.74, 6) is -1.55. The number of ketones is 1. The van der Waals surface area contributed by atoms with E-state index >= 15 is 0 Å². The van der Waals surface area contributed by atoms with Gasteiger partial charge in [0, 0.05) is 10.4 Å². The van der Waals surface area contributed by atoms with Crippen LogP contribution in [0.3, 0.4) is 0 Å². The molecule has 0 unspecified atom stereocenters. The topological polar surface area (TPSA) is 30.0 Å². The number of carbonyl (C=O) groups excluding carboxylic acids is 1. The smallest absolute Gasteiger partial charge is 0.288 e. The summed E-state index contributed by atoms with van der Waals surface area (Å²) in [6.07, 6.45) is -2.96. The van der Waals surface area contributed by atoms with Crippen molar-refractivity contribution in [2.45, 2.75) is 31.9 Å². The van der Waals surface area contributed by atoms with Gasteiger partial charge in [0.25, 0.3) is 0 Å². The number of halogens is 4. The van der Waals surface area contributed by atoms with E-state index in [0.29, 0.717) is 11.8 Å². The van der Waals surface area contributed by atoms with Gasteiger partial charge in [-0.3, -0.25) is 4.79 Å². The van der Waals surface area contributed by atoms with Gasteiger partial charge in [0.2, 0.25) is 0 Å². The Labute approximate surface area is 127 Å². The zero-order chi connectivity index (χ0) is 16.1. The van der Waals surface area contributed by atoms with E-state index in [-0.39, 0.29) is 11.5 Å². The van der Waals surface area contributed by atoms with Crippen molar-refractivity contribution in [2.75, 3.05) is 0 Å². The molecule has 1 aromatic heterocycles. The van der Waals surface area contributed by atoms with Crippen LogP contribution in [0, 0.1) is 12.7 Å². The number of nitrogens with zero attached hydrogens (tertiary/aromatic N) is 1. The second-order valence-corrected chi connectivity index (χ2v) is 6.10. The molecule has 0 N–H and O–H groups in total. The van der Waals surface area contributed by atoms with E-state index in [1.165, 1.54) is 0 Å². The number of hydrogen-bond donors (Lipinski definition) is 0. The summed E-state index contributed by atoms with van der Waals surface area (Å²) < 4.78 is 56.5. The molecule has 116 valence electrons. The van der Waals surface area contributed by atoms with Crippen molar-refractivity contribution in [1.29, 1.82) is 0 Å². The van der Waals surface area contributed by atoms with Crippen LogP contribution >= 0.6 is 11.5 Å². The van der Waals surface area contributed by atoms with Crippen molar-refractivity contribution < 1.29 is 22.4 Å². The molecule has 1 heterocycles. The fourth-order valence-corrected chi connectivity index (χ4v) is 3.41. The third kappa shape index (κ3) is 2.65. The van der Waals surface area contributed by atoms with Crippen molar-refractivity contribution >= 4 is 17.3 Å². The van der Waals surface area contributed by atoms with Gasteiger partial charge in [0.05, 0.1) is 16.8 Å². The standard InChI is InChI=1S/C15H11F4NOS/c1-7-12(14(22-20-7)8-2-3-8)13(21)10-5-4-9(16)6-11(10)15(17,18)19/h4-6,8H,2-3H2,1H3. The number of rotatable bonds is 3. The number of alkyl halides is 3. The largest absolute Gasteiger partial charge is 0.417 e. The fourth-order valence-electron chi connectivity index (χ4n) is 2.37. The molecule has 2 nitrogen and oxygen atoms in total. The number of carbonyl (C=O) groups is 1. The predicted octanol–water partition coefficient (Wildman–Crippen LogP) is 4.72. The van der Waals surface area contributed by atoms with Crippen LogP contribution in [-0.2, 0) is 6.18 Å². The van der Waals surface area contributed by atoms with Gasteiger partial charge in [-0.15, -0.1) is 0 Å². The van der Waals surface area contributed by atoms with Crippen LogP contribution in [0.25, 0.3) is 0 Å². The number of aromatic nitrogens is 1. The molecule has 0 radical (unpaired) electrons. The van der Waals surface area contributed by atoms with E-state index < -0.39 is 28.9 Å². The molecule has 3 rings (SSSR count). The Bertz CT molecular complexity index is 746. The number of hydrogen-bond acceptors (Lipinski definition) is 3. The lowest BCUT2D eigenvalue weighted by Gasteiger charge is -2.12. The maximum absolute atomic E-state index is 13.2. The SMILES string of the molecule is Cc1nsc(C2CC2)c1C(=O)c1ccc(F)cc1C(F)(F)F. The molecule has 1 fully saturated rings. The monoisotopic (exact) mass is 329 g/mol. The molecule has 7 heteroatoms. The summed E-state index contributed by atoms with van der Waals surface area (Å²) >= 11 is 1.16. The third-order valence-corrected chi connectivity index (χ3v) is 4.70. The quantitative estimate of drug-likeness (QED) is 0.602. The lowest BCUT2D eigenvalue weighted by atomic mass is 9.96. The Morgan fingerprint density at radius 3 is 2.59 bits per heavy atom. The van der Waals surface area contributed by atoms with Gasteiger partial charge in [0.1, 0.15) is 5.82 Å². The van der Waals surface area contributed by atoms with Crippen LogP contribution < -0.4 is 0 Å². The molecule has 0 atom stereocenters. The first-order chi connectivity index (χ1) is 10.3. The van der Waals surface area contributed by atoms with E-state index in [9.17, 15) is 22.4 Å². The summed E-state index contributed by atoms with van der Waals surface area (Å²) in [4.78, 5) is 13.3. The van der Waals surface area contributed by atoms with Gasteiger partial charge in [-0.25, -0.2) is 4.39 Å². The Balaban J connectivity index is 2.12. The highest BCUT2D eigenvalue weighted by Gasteiger charge is 2.38. The minimum atomic E-state index is -4.79. The van der Waals surface area contributed by atoms with Crippen LogP contribution in [0.2, 0.25) is 0 Å². The van der Waals surface area contributed by atoms with Crippen LogP contribution in [0.5, 0.6) is 0 Å². The molecule has 1 aromatic carbocycles. The zero-order valence-corrected chi connectivity index (χ0v) is 12.3. The van der Waals surface area contributed by atoms with E-state index in [4.69, 9.17) is 0 Å². The molecule has 0 saturated heterocycles. The maximum Gasteiger partial charge on any atom is 0.417 e. The minimum Gasteiger partial charge on any atom is -0.288 e. The van der Waals surface area contributed by atoms with Crippen molar-refractivity contribution in [3.05, 3.63) is 51.3 Å². The third-order valence-electron chi connectivity index (χ3n) is 3.60. The molecule has 0 aliphatic heterocycles.